The number of unbranched alkanes of at least 4 members (excludes halogenated alkanes) is 1. The molecule has 1 saturated carbocycles. The fourth-order valence-electron chi connectivity index (χ4n) is 2.45. The number of nitrogens with one attached hydrogen (secondary N) is 1. The van der Waals surface area contributed by atoms with E-state index in [1.54, 1.807) is 0 Å². The number of hydrogen-bond acceptors (Lipinski definition) is 3. The van der Waals surface area contributed by atoms with E-state index in [-0.39, 0.29) is 12.5 Å². The molecule has 1 aliphatic rings. The Morgan fingerprint density at radius 3 is 2.75 bits per heavy atom. The van der Waals surface area contributed by atoms with Crippen LogP contribution < -0.4 is 5.32 Å². The minimum absolute atomic E-state index is 0.0318. The van der Waals surface area contributed by atoms with E-state index >= 15 is 0 Å². The molecule has 2 rings (SSSR count). The van der Waals surface area contributed by atoms with E-state index in [1.807, 2.05) is 18.2 Å². The minimum atomic E-state index is -0.0318. The summed E-state index contributed by atoms with van der Waals surface area (Å²) >= 11 is 0. The van der Waals surface area contributed by atoms with Crippen molar-refractivity contribution in [2.45, 2.75) is 45.2 Å². The van der Waals surface area contributed by atoms with Gasteiger partial charge < -0.3 is 10.4 Å². The second-order valence-electron chi connectivity index (χ2n) is 5.47. The molecule has 1 amide bonds. The van der Waals surface area contributed by atoms with Crippen molar-refractivity contribution in [1.29, 1.82) is 0 Å². The van der Waals surface area contributed by atoms with E-state index in [4.69, 9.17) is 5.11 Å². The normalized spacial score (nSPS) is 14.6. The zero-order valence-electron chi connectivity index (χ0n) is 12.1. The zero-order valence-corrected chi connectivity index (χ0v) is 12.1. The van der Waals surface area contributed by atoms with E-state index in [0.717, 1.165) is 31.6 Å². The van der Waals surface area contributed by atoms with Gasteiger partial charge in [-0.05, 0) is 43.9 Å². The lowest BCUT2D eigenvalue weighted by Crippen LogP contribution is -2.27. The SMILES string of the molecule is CC(=O)Nc1ccccc1CN(CCCCO)C1CC1. The van der Waals surface area contributed by atoms with Crippen LogP contribution in [0.1, 0.15) is 38.2 Å². The maximum atomic E-state index is 11.3. The van der Waals surface area contributed by atoms with Crippen molar-refractivity contribution in [3.63, 3.8) is 0 Å². The van der Waals surface area contributed by atoms with Gasteiger partial charge in [0.2, 0.25) is 5.91 Å². The Labute approximate surface area is 120 Å². The molecular weight excluding hydrogens is 252 g/mol. The number of hydrogen-bond donors (Lipinski definition) is 2. The number of benzene rings is 1. The molecule has 0 bridgehead atoms. The number of carbonyl (C=O) groups excluding carboxylic acids is 1. The van der Waals surface area contributed by atoms with Crippen LogP contribution in [0.2, 0.25) is 0 Å². The van der Waals surface area contributed by atoms with Crippen LogP contribution >= 0.6 is 0 Å². The summed E-state index contributed by atoms with van der Waals surface area (Å²) in [5, 5.41) is 11.8. The lowest BCUT2D eigenvalue weighted by molar-refractivity contribution is -0.114. The quantitative estimate of drug-likeness (QED) is 0.717. The second-order valence-corrected chi connectivity index (χ2v) is 5.47. The first kappa shape index (κ1) is 15.0. The molecule has 20 heavy (non-hydrogen) atoms. The van der Waals surface area contributed by atoms with Crippen LogP contribution in [0.4, 0.5) is 5.69 Å². The van der Waals surface area contributed by atoms with Crippen molar-refractivity contribution < 1.29 is 9.90 Å². The van der Waals surface area contributed by atoms with E-state index in [9.17, 15) is 4.79 Å². The van der Waals surface area contributed by atoms with Crippen molar-refractivity contribution in [3.8, 4) is 0 Å². The van der Waals surface area contributed by atoms with E-state index < -0.39 is 0 Å². The topological polar surface area (TPSA) is 52.6 Å². The summed E-state index contributed by atoms with van der Waals surface area (Å²) in [6.45, 7) is 3.68. The van der Waals surface area contributed by atoms with Gasteiger partial charge in [-0.15, -0.1) is 0 Å². The van der Waals surface area contributed by atoms with E-state index in [2.05, 4.69) is 16.3 Å². The molecule has 0 unspecified atom stereocenters. The van der Waals surface area contributed by atoms with Gasteiger partial charge in [-0.2, -0.15) is 0 Å². The summed E-state index contributed by atoms with van der Waals surface area (Å²) in [5.74, 6) is -0.0318. The summed E-state index contributed by atoms with van der Waals surface area (Å²) in [4.78, 5) is 13.7. The highest BCUT2D eigenvalue weighted by Gasteiger charge is 2.28. The first-order valence-corrected chi connectivity index (χ1v) is 7.41. The molecule has 1 aromatic rings. The van der Waals surface area contributed by atoms with Gasteiger partial charge in [0, 0.05) is 31.8 Å². The fraction of sp³-hybridized carbons (Fsp3) is 0.562. The molecule has 0 aliphatic heterocycles. The van der Waals surface area contributed by atoms with Crippen molar-refractivity contribution >= 4 is 11.6 Å². The van der Waals surface area contributed by atoms with Crippen molar-refractivity contribution in [1.82, 2.24) is 4.90 Å². The number of anilines is 1. The number of aliphatic hydroxyl groups is 1. The number of rotatable bonds is 8. The molecule has 0 spiro atoms. The molecule has 0 heterocycles. The third-order valence-electron chi connectivity index (χ3n) is 3.62. The van der Waals surface area contributed by atoms with Crippen molar-refractivity contribution in [2.75, 3.05) is 18.5 Å². The van der Waals surface area contributed by atoms with Crippen LogP contribution in [-0.2, 0) is 11.3 Å². The Morgan fingerprint density at radius 2 is 2.10 bits per heavy atom. The van der Waals surface area contributed by atoms with E-state index in [0.29, 0.717) is 6.04 Å². The molecule has 0 radical (unpaired) electrons. The molecule has 0 aromatic heterocycles. The number of nitrogens with zero attached hydrogens (tertiary/aromatic N) is 1. The van der Waals surface area contributed by atoms with Crippen LogP contribution in [0, 0.1) is 0 Å². The third-order valence-corrected chi connectivity index (χ3v) is 3.62. The molecular formula is C16H24N2O2. The molecule has 1 aromatic carbocycles. The molecule has 4 heteroatoms. The van der Waals surface area contributed by atoms with Gasteiger partial charge in [-0.1, -0.05) is 18.2 Å². The Morgan fingerprint density at radius 1 is 1.35 bits per heavy atom. The van der Waals surface area contributed by atoms with Crippen LogP contribution in [-0.4, -0.2) is 35.1 Å². The monoisotopic (exact) mass is 276 g/mol. The highest BCUT2D eigenvalue weighted by Crippen LogP contribution is 2.30. The number of para-hydroxylation sites is 1. The Bertz CT molecular complexity index is 444. The average molecular weight is 276 g/mol. The first-order valence-electron chi connectivity index (χ1n) is 7.41. The van der Waals surface area contributed by atoms with Gasteiger partial charge in [0.15, 0.2) is 0 Å². The highest BCUT2D eigenvalue weighted by molar-refractivity contribution is 5.89. The van der Waals surface area contributed by atoms with Crippen LogP contribution in [0.3, 0.4) is 0 Å². The molecule has 2 N–H and O–H groups in total. The molecule has 4 nitrogen and oxygen atoms in total. The fourth-order valence-corrected chi connectivity index (χ4v) is 2.45. The van der Waals surface area contributed by atoms with E-state index in [1.165, 1.54) is 25.3 Å². The molecule has 0 saturated heterocycles. The Kier molecular flexibility index (Phi) is 5.56. The maximum absolute atomic E-state index is 11.3. The molecule has 1 aliphatic carbocycles. The lowest BCUT2D eigenvalue weighted by Gasteiger charge is -2.23. The number of carbonyl (C=O) groups is 1. The Hall–Kier alpha value is -1.39. The summed E-state index contributed by atoms with van der Waals surface area (Å²) < 4.78 is 0. The highest BCUT2D eigenvalue weighted by atomic mass is 16.2. The molecule has 0 atom stereocenters. The average Bonchev–Trinajstić information content (AvgIpc) is 3.23. The molecule has 110 valence electrons. The Balaban J connectivity index is 2.00. The van der Waals surface area contributed by atoms with Gasteiger partial charge in [0.1, 0.15) is 0 Å². The number of amides is 1. The third kappa shape index (κ3) is 4.62. The van der Waals surface area contributed by atoms with Gasteiger partial charge in [0.25, 0.3) is 0 Å². The van der Waals surface area contributed by atoms with Crippen LogP contribution in [0.25, 0.3) is 0 Å². The van der Waals surface area contributed by atoms with Gasteiger partial charge >= 0.3 is 0 Å². The summed E-state index contributed by atoms with van der Waals surface area (Å²) in [6, 6.07) is 8.67. The van der Waals surface area contributed by atoms with Crippen molar-refractivity contribution in [2.24, 2.45) is 0 Å². The number of aliphatic hydroxyl groups excluding tert-OH is 1. The van der Waals surface area contributed by atoms with Gasteiger partial charge in [-0.3, -0.25) is 9.69 Å². The zero-order chi connectivity index (χ0) is 14.4. The van der Waals surface area contributed by atoms with Gasteiger partial charge in [-0.25, -0.2) is 0 Å². The maximum Gasteiger partial charge on any atom is 0.221 e. The summed E-state index contributed by atoms with van der Waals surface area (Å²) in [7, 11) is 0. The smallest absolute Gasteiger partial charge is 0.221 e. The van der Waals surface area contributed by atoms with Crippen molar-refractivity contribution in [3.05, 3.63) is 29.8 Å². The summed E-state index contributed by atoms with van der Waals surface area (Å²) in [6.07, 6.45) is 4.41. The van der Waals surface area contributed by atoms with Crippen LogP contribution in [0.15, 0.2) is 24.3 Å². The molecule has 1 fully saturated rings. The largest absolute Gasteiger partial charge is 0.396 e. The standard InChI is InChI=1S/C16H24N2O2/c1-13(20)17-16-7-3-2-6-14(16)12-18(15-8-9-15)10-4-5-11-19/h2-3,6-7,15,19H,4-5,8-12H2,1H3,(H,17,20). The predicted molar refractivity (Wildman–Crippen MR) is 80.5 cm³/mol. The van der Waals surface area contributed by atoms with Gasteiger partial charge in [0.05, 0.1) is 0 Å². The summed E-state index contributed by atoms with van der Waals surface area (Å²) in [5.41, 5.74) is 2.08. The van der Waals surface area contributed by atoms with Crippen LogP contribution in [0.5, 0.6) is 0 Å². The lowest BCUT2D eigenvalue weighted by atomic mass is 10.1. The first-order chi connectivity index (χ1) is 9.70. The minimum Gasteiger partial charge on any atom is -0.396 e. The predicted octanol–water partition coefficient (Wildman–Crippen LogP) is 2.38. The second kappa shape index (κ2) is 7.41.